The summed E-state index contributed by atoms with van der Waals surface area (Å²) in [4.78, 5) is 0. The van der Waals surface area contributed by atoms with Gasteiger partial charge in [0.25, 0.3) is 0 Å². The standard InChI is InChI=1S/C18H13ClN4S/c19-15-8-4-5-13(11-15)12-24-17-10-9-16-20-21-18(23(16)22-17)14-6-2-1-3-7-14/h1-11H,12H2. The fourth-order valence-corrected chi connectivity index (χ4v) is 3.41. The molecule has 0 amide bonds. The van der Waals surface area contributed by atoms with Crippen molar-refractivity contribution in [1.82, 2.24) is 19.8 Å². The molecule has 2 heterocycles. The van der Waals surface area contributed by atoms with Gasteiger partial charge in [0.05, 0.1) is 0 Å². The molecule has 0 fully saturated rings. The second-order valence-corrected chi connectivity index (χ2v) is 6.68. The maximum atomic E-state index is 6.03. The van der Waals surface area contributed by atoms with Crippen LogP contribution in [0, 0.1) is 0 Å². The van der Waals surface area contributed by atoms with Gasteiger partial charge in [-0.05, 0) is 29.8 Å². The third-order valence-electron chi connectivity index (χ3n) is 3.55. The maximum Gasteiger partial charge on any atom is 0.185 e. The molecule has 2 aromatic carbocycles. The van der Waals surface area contributed by atoms with Crippen molar-refractivity contribution in [2.75, 3.05) is 0 Å². The molecule has 0 saturated heterocycles. The summed E-state index contributed by atoms with van der Waals surface area (Å²) in [5.74, 6) is 1.55. The number of nitrogens with zero attached hydrogens (tertiary/aromatic N) is 4. The molecule has 0 aliphatic carbocycles. The van der Waals surface area contributed by atoms with Gasteiger partial charge in [-0.1, -0.05) is 65.8 Å². The third-order valence-corrected chi connectivity index (χ3v) is 4.77. The van der Waals surface area contributed by atoms with Crippen molar-refractivity contribution in [3.63, 3.8) is 0 Å². The van der Waals surface area contributed by atoms with Crippen LogP contribution in [0.4, 0.5) is 0 Å². The van der Waals surface area contributed by atoms with Crippen LogP contribution in [-0.2, 0) is 5.75 Å². The summed E-state index contributed by atoms with van der Waals surface area (Å²) in [5.41, 5.74) is 2.90. The molecular weight excluding hydrogens is 340 g/mol. The van der Waals surface area contributed by atoms with E-state index in [1.807, 2.05) is 60.7 Å². The van der Waals surface area contributed by atoms with Gasteiger partial charge in [-0.15, -0.1) is 10.2 Å². The number of rotatable bonds is 4. The molecule has 0 N–H and O–H groups in total. The van der Waals surface area contributed by atoms with Crippen molar-refractivity contribution >= 4 is 29.0 Å². The first-order valence-electron chi connectivity index (χ1n) is 7.45. The topological polar surface area (TPSA) is 43.1 Å². The Hall–Kier alpha value is -2.37. The second kappa shape index (κ2) is 6.63. The van der Waals surface area contributed by atoms with Crippen molar-refractivity contribution < 1.29 is 0 Å². The number of aromatic nitrogens is 4. The fourth-order valence-electron chi connectivity index (χ4n) is 2.40. The molecule has 0 aliphatic heterocycles. The Balaban J connectivity index is 1.63. The molecule has 0 bridgehead atoms. The summed E-state index contributed by atoms with van der Waals surface area (Å²) in [7, 11) is 0. The minimum atomic E-state index is 0.737. The van der Waals surface area contributed by atoms with E-state index in [1.54, 1.807) is 16.3 Å². The Bertz CT molecular complexity index is 985. The highest BCUT2D eigenvalue weighted by molar-refractivity contribution is 7.98. The third kappa shape index (κ3) is 3.13. The van der Waals surface area contributed by atoms with Gasteiger partial charge in [0.15, 0.2) is 11.5 Å². The van der Waals surface area contributed by atoms with Gasteiger partial charge in [0.2, 0.25) is 0 Å². The lowest BCUT2D eigenvalue weighted by molar-refractivity contribution is 0.860. The first-order valence-corrected chi connectivity index (χ1v) is 8.81. The summed E-state index contributed by atoms with van der Waals surface area (Å²) in [6.45, 7) is 0. The van der Waals surface area contributed by atoms with Crippen LogP contribution >= 0.6 is 23.4 Å². The summed E-state index contributed by atoms with van der Waals surface area (Å²) < 4.78 is 1.79. The minimum Gasteiger partial charge on any atom is -0.192 e. The van der Waals surface area contributed by atoms with Gasteiger partial charge in [0.1, 0.15) is 5.03 Å². The smallest absolute Gasteiger partial charge is 0.185 e. The molecular formula is C18H13ClN4S. The van der Waals surface area contributed by atoms with Crippen molar-refractivity contribution in [2.45, 2.75) is 10.8 Å². The lowest BCUT2D eigenvalue weighted by Crippen LogP contribution is -1.96. The van der Waals surface area contributed by atoms with Gasteiger partial charge in [-0.25, -0.2) is 0 Å². The van der Waals surface area contributed by atoms with Crippen molar-refractivity contribution in [3.8, 4) is 11.4 Å². The quantitative estimate of drug-likeness (QED) is 0.498. The molecule has 0 atom stereocenters. The summed E-state index contributed by atoms with van der Waals surface area (Å²) in [6, 6.07) is 21.7. The van der Waals surface area contributed by atoms with Crippen LogP contribution in [0.3, 0.4) is 0 Å². The molecule has 118 valence electrons. The molecule has 4 nitrogen and oxygen atoms in total. The first-order chi connectivity index (χ1) is 11.8. The van der Waals surface area contributed by atoms with Crippen LogP contribution in [0.25, 0.3) is 17.0 Å². The molecule has 0 aliphatic rings. The van der Waals surface area contributed by atoms with E-state index in [0.29, 0.717) is 0 Å². The molecule has 0 saturated carbocycles. The molecule has 0 spiro atoms. The molecule has 4 aromatic rings. The van der Waals surface area contributed by atoms with Crippen molar-refractivity contribution in [2.24, 2.45) is 0 Å². The zero-order chi connectivity index (χ0) is 16.4. The Labute approximate surface area is 148 Å². The normalized spacial score (nSPS) is 11.0. The number of hydrogen-bond acceptors (Lipinski definition) is 4. The molecule has 2 aromatic heterocycles. The fraction of sp³-hybridized carbons (Fsp3) is 0.0556. The Morgan fingerprint density at radius 1 is 0.917 bits per heavy atom. The zero-order valence-electron chi connectivity index (χ0n) is 12.6. The number of hydrogen-bond donors (Lipinski definition) is 0. The van der Waals surface area contributed by atoms with Gasteiger partial charge in [0, 0.05) is 16.3 Å². The van der Waals surface area contributed by atoms with Gasteiger partial charge < -0.3 is 0 Å². The highest BCUT2D eigenvalue weighted by Crippen LogP contribution is 2.24. The second-order valence-electron chi connectivity index (χ2n) is 5.25. The van der Waals surface area contributed by atoms with Crippen LogP contribution in [0.5, 0.6) is 0 Å². The van der Waals surface area contributed by atoms with Crippen molar-refractivity contribution in [3.05, 3.63) is 77.3 Å². The van der Waals surface area contributed by atoms with Crippen LogP contribution in [0.15, 0.2) is 71.8 Å². The van der Waals surface area contributed by atoms with Gasteiger partial charge in [-0.3, -0.25) is 0 Å². The summed E-state index contributed by atoms with van der Waals surface area (Å²) in [6.07, 6.45) is 0. The summed E-state index contributed by atoms with van der Waals surface area (Å²) >= 11 is 7.69. The van der Waals surface area contributed by atoms with Gasteiger partial charge in [-0.2, -0.15) is 9.61 Å². The van der Waals surface area contributed by atoms with E-state index < -0.39 is 0 Å². The molecule has 4 rings (SSSR count). The predicted octanol–water partition coefficient (Wildman–Crippen LogP) is 4.74. The monoisotopic (exact) mass is 352 g/mol. The van der Waals surface area contributed by atoms with Gasteiger partial charge >= 0.3 is 0 Å². The van der Waals surface area contributed by atoms with Crippen LogP contribution in [-0.4, -0.2) is 19.8 Å². The van der Waals surface area contributed by atoms with E-state index in [4.69, 9.17) is 11.6 Å². The van der Waals surface area contributed by atoms with E-state index in [9.17, 15) is 0 Å². The highest BCUT2D eigenvalue weighted by atomic mass is 35.5. The van der Waals surface area contributed by atoms with Crippen LogP contribution < -0.4 is 0 Å². The molecule has 0 unspecified atom stereocenters. The Morgan fingerprint density at radius 2 is 1.79 bits per heavy atom. The zero-order valence-corrected chi connectivity index (χ0v) is 14.2. The SMILES string of the molecule is Clc1cccc(CSc2ccc3nnc(-c4ccccc4)n3n2)c1. The molecule has 0 radical (unpaired) electrons. The molecule has 24 heavy (non-hydrogen) atoms. The van der Waals surface area contributed by atoms with E-state index in [0.717, 1.165) is 32.8 Å². The average Bonchev–Trinajstić information content (AvgIpc) is 3.04. The maximum absolute atomic E-state index is 6.03. The first kappa shape index (κ1) is 15.2. The lowest BCUT2D eigenvalue weighted by atomic mass is 10.2. The largest absolute Gasteiger partial charge is 0.192 e. The van der Waals surface area contributed by atoms with E-state index >= 15 is 0 Å². The predicted molar refractivity (Wildman–Crippen MR) is 97.2 cm³/mol. The summed E-state index contributed by atoms with van der Waals surface area (Å²) in [5, 5.41) is 14.8. The van der Waals surface area contributed by atoms with E-state index in [1.165, 1.54) is 5.56 Å². The van der Waals surface area contributed by atoms with E-state index in [2.05, 4.69) is 21.4 Å². The average molecular weight is 353 g/mol. The lowest BCUT2D eigenvalue weighted by Gasteiger charge is -2.04. The molecule has 6 heteroatoms. The number of halogens is 1. The van der Waals surface area contributed by atoms with Crippen molar-refractivity contribution in [1.29, 1.82) is 0 Å². The number of thioether (sulfide) groups is 1. The van der Waals surface area contributed by atoms with Crippen LogP contribution in [0.1, 0.15) is 5.56 Å². The number of fused-ring (bicyclic) bond motifs is 1. The Morgan fingerprint density at radius 3 is 2.62 bits per heavy atom. The Kier molecular flexibility index (Phi) is 4.19. The number of benzene rings is 2. The van der Waals surface area contributed by atoms with E-state index in [-0.39, 0.29) is 0 Å². The van der Waals surface area contributed by atoms with Crippen LogP contribution in [0.2, 0.25) is 5.02 Å². The minimum absolute atomic E-state index is 0.737. The highest BCUT2D eigenvalue weighted by Gasteiger charge is 2.10.